The standard InChI is InChI=1S/C17H28N2O3/c1-11(2)8-14-17(21)18-6-3-7-19(14)16(20)10-12-9-13-4-5-15(12)22-13/h11-15H,3-10H2,1-2H3,(H,18,21). The van der Waals surface area contributed by atoms with Crippen LogP contribution >= 0.6 is 0 Å². The number of nitrogens with zero attached hydrogens (tertiary/aromatic N) is 1. The monoisotopic (exact) mass is 308 g/mol. The minimum atomic E-state index is -0.297. The van der Waals surface area contributed by atoms with Crippen LogP contribution in [0.3, 0.4) is 0 Å². The van der Waals surface area contributed by atoms with Crippen LogP contribution in [0.25, 0.3) is 0 Å². The summed E-state index contributed by atoms with van der Waals surface area (Å²) in [5.74, 6) is 0.917. The van der Waals surface area contributed by atoms with Gasteiger partial charge in [0.25, 0.3) is 0 Å². The van der Waals surface area contributed by atoms with Gasteiger partial charge in [0.1, 0.15) is 6.04 Å². The Kier molecular flexibility index (Phi) is 4.71. The van der Waals surface area contributed by atoms with Gasteiger partial charge in [0.15, 0.2) is 0 Å². The molecule has 3 fully saturated rings. The molecule has 4 atom stereocenters. The molecular formula is C17H28N2O3. The third kappa shape index (κ3) is 3.29. The third-order valence-electron chi connectivity index (χ3n) is 5.24. The first-order chi connectivity index (χ1) is 10.5. The number of fused-ring (bicyclic) bond motifs is 2. The number of amides is 2. The Morgan fingerprint density at radius 2 is 2.23 bits per heavy atom. The quantitative estimate of drug-likeness (QED) is 0.860. The van der Waals surface area contributed by atoms with Gasteiger partial charge in [0.05, 0.1) is 12.2 Å². The lowest BCUT2D eigenvalue weighted by molar-refractivity contribution is -0.141. The molecule has 2 bridgehead atoms. The van der Waals surface area contributed by atoms with Crippen molar-refractivity contribution >= 4 is 11.8 Å². The summed E-state index contributed by atoms with van der Waals surface area (Å²) in [6, 6.07) is -0.297. The third-order valence-corrected chi connectivity index (χ3v) is 5.24. The van der Waals surface area contributed by atoms with Crippen LogP contribution in [-0.2, 0) is 14.3 Å². The Labute approximate surface area is 132 Å². The summed E-state index contributed by atoms with van der Waals surface area (Å²) in [6.07, 6.45) is 6.05. The number of carbonyl (C=O) groups excluding carboxylic acids is 2. The Morgan fingerprint density at radius 1 is 1.41 bits per heavy atom. The molecule has 2 amide bonds. The lowest BCUT2D eigenvalue weighted by atomic mass is 9.86. The summed E-state index contributed by atoms with van der Waals surface area (Å²) in [6.45, 7) is 5.57. The van der Waals surface area contributed by atoms with Crippen LogP contribution in [0.1, 0.15) is 52.4 Å². The number of hydrogen-bond donors (Lipinski definition) is 1. The van der Waals surface area contributed by atoms with E-state index in [2.05, 4.69) is 19.2 Å². The molecule has 0 aromatic carbocycles. The van der Waals surface area contributed by atoms with Crippen LogP contribution in [0.4, 0.5) is 0 Å². The van der Waals surface area contributed by atoms with Crippen LogP contribution < -0.4 is 5.32 Å². The van der Waals surface area contributed by atoms with Gasteiger partial charge in [-0.2, -0.15) is 0 Å². The lowest BCUT2D eigenvalue weighted by Gasteiger charge is -2.31. The van der Waals surface area contributed by atoms with E-state index in [0.29, 0.717) is 37.5 Å². The molecule has 4 unspecified atom stereocenters. The van der Waals surface area contributed by atoms with Gasteiger partial charge < -0.3 is 15.0 Å². The van der Waals surface area contributed by atoms with E-state index in [9.17, 15) is 9.59 Å². The van der Waals surface area contributed by atoms with Crippen molar-refractivity contribution in [2.45, 2.75) is 70.6 Å². The highest BCUT2D eigenvalue weighted by molar-refractivity contribution is 5.88. The number of rotatable bonds is 4. The zero-order valence-corrected chi connectivity index (χ0v) is 13.7. The van der Waals surface area contributed by atoms with Crippen molar-refractivity contribution in [1.29, 1.82) is 0 Å². The summed E-state index contributed by atoms with van der Waals surface area (Å²) in [7, 11) is 0. The van der Waals surface area contributed by atoms with Crippen molar-refractivity contribution < 1.29 is 14.3 Å². The second kappa shape index (κ2) is 6.57. The van der Waals surface area contributed by atoms with Gasteiger partial charge in [-0.15, -0.1) is 0 Å². The van der Waals surface area contributed by atoms with Crippen LogP contribution in [0.15, 0.2) is 0 Å². The predicted molar refractivity (Wildman–Crippen MR) is 83.2 cm³/mol. The number of nitrogens with one attached hydrogen (secondary N) is 1. The van der Waals surface area contributed by atoms with E-state index in [-0.39, 0.29) is 24.0 Å². The lowest BCUT2D eigenvalue weighted by Crippen LogP contribution is -2.48. The van der Waals surface area contributed by atoms with Crippen molar-refractivity contribution in [3.05, 3.63) is 0 Å². The van der Waals surface area contributed by atoms with Crippen LogP contribution in [-0.4, -0.2) is 48.1 Å². The van der Waals surface area contributed by atoms with Gasteiger partial charge in [-0.05, 0) is 43.9 Å². The van der Waals surface area contributed by atoms with Crippen LogP contribution in [0.2, 0.25) is 0 Å². The Morgan fingerprint density at radius 3 is 2.86 bits per heavy atom. The van der Waals surface area contributed by atoms with Crippen LogP contribution in [0, 0.1) is 11.8 Å². The molecule has 0 spiro atoms. The van der Waals surface area contributed by atoms with E-state index in [0.717, 1.165) is 32.1 Å². The van der Waals surface area contributed by atoms with E-state index in [4.69, 9.17) is 4.74 Å². The van der Waals surface area contributed by atoms with Gasteiger partial charge in [-0.3, -0.25) is 9.59 Å². The molecule has 3 aliphatic rings. The Hall–Kier alpha value is -1.10. The fourth-order valence-electron chi connectivity index (χ4n) is 4.15. The molecule has 3 aliphatic heterocycles. The minimum Gasteiger partial charge on any atom is -0.375 e. The molecule has 0 aliphatic carbocycles. The molecule has 1 N–H and O–H groups in total. The zero-order valence-electron chi connectivity index (χ0n) is 13.7. The van der Waals surface area contributed by atoms with Crippen molar-refractivity contribution in [2.24, 2.45) is 11.8 Å². The first-order valence-corrected chi connectivity index (χ1v) is 8.77. The smallest absolute Gasteiger partial charge is 0.242 e. The number of hydrogen-bond acceptors (Lipinski definition) is 3. The maximum Gasteiger partial charge on any atom is 0.242 e. The molecule has 0 radical (unpaired) electrons. The molecule has 22 heavy (non-hydrogen) atoms. The summed E-state index contributed by atoms with van der Waals surface area (Å²) in [4.78, 5) is 27.0. The highest BCUT2D eigenvalue weighted by atomic mass is 16.5. The molecule has 3 rings (SSSR count). The van der Waals surface area contributed by atoms with E-state index < -0.39 is 0 Å². The van der Waals surface area contributed by atoms with Crippen molar-refractivity contribution in [2.75, 3.05) is 13.1 Å². The average molecular weight is 308 g/mol. The molecular weight excluding hydrogens is 280 g/mol. The van der Waals surface area contributed by atoms with Crippen LogP contribution in [0.5, 0.6) is 0 Å². The molecule has 0 aromatic heterocycles. The molecule has 5 nitrogen and oxygen atoms in total. The first kappa shape index (κ1) is 15.8. The number of ether oxygens (including phenoxy) is 1. The number of carbonyl (C=O) groups is 2. The minimum absolute atomic E-state index is 0.0174. The molecule has 3 saturated heterocycles. The van der Waals surface area contributed by atoms with Crippen molar-refractivity contribution in [3.8, 4) is 0 Å². The second-order valence-electron chi connectivity index (χ2n) is 7.45. The Balaban J connectivity index is 1.66. The first-order valence-electron chi connectivity index (χ1n) is 8.77. The molecule has 5 heteroatoms. The average Bonchev–Trinajstić information content (AvgIpc) is 3.02. The second-order valence-corrected chi connectivity index (χ2v) is 7.45. The van der Waals surface area contributed by atoms with E-state index in [1.54, 1.807) is 0 Å². The summed E-state index contributed by atoms with van der Waals surface area (Å²) in [5.41, 5.74) is 0. The van der Waals surface area contributed by atoms with Gasteiger partial charge in [0.2, 0.25) is 11.8 Å². The summed E-state index contributed by atoms with van der Waals surface area (Å²) >= 11 is 0. The fourth-order valence-corrected chi connectivity index (χ4v) is 4.15. The maximum absolute atomic E-state index is 12.8. The summed E-state index contributed by atoms with van der Waals surface area (Å²) < 4.78 is 5.86. The molecule has 0 aromatic rings. The highest BCUT2D eigenvalue weighted by Gasteiger charge is 2.43. The fraction of sp³-hybridized carbons (Fsp3) is 0.882. The van der Waals surface area contributed by atoms with E-state index in [1.165, 1.54) is 0 Å². The summed E-state index contributed by atoms with van der Waals surface area (Å²) in [5, 5.41) is 2.95. The SMILES string of the molecule is CC(C)CC1C(=O)NCCCN1C(=O)CC1CC2CCC1O2. The van der Waals surface area contributed by atoms with Crippen molar-refractivity contribution in [1.82, 2.24) is 10.2 Å². The highest BCUT2D eigenvalue weighted by Crippen LogP contribution is 2.40. The molecule has 3 heterocycles. The maximum atomic E-state index is 12.8. The van der Waals surface area contributed by atoms with E-state index >= 15 is 0 Å². The predicted octanol–water partition coefficient (Wildman–Crippen LogP) is 1.71. The van der Waals surface area contributed by atoms with Gasteiger partial charge in [-0.25, -0.2) is 0 Å². The topological polar surface area (TPSA) is 58.6 Å². The molecule has 124 valence electrons. The zero-order chi connectivity index (χ0) is 15.7. The Bertz CT molecular complexity index is 438. The van der Waals surface area contributed by atoms with Gasteiger partial charge in [0, 0.05) is 19.5 Å². The van der Waals surface area contributed by atoms with Crippen molar-refractivity contribution in [3.63, 3.8) is 0 Å². The van der Waals surface area contributed by atoms with E-state index in [1.807, 2.05) is 4.90 Å². The van der Waals surface area contributed by atoms with Gasteiger partial charge in [-0.1, -0.05) is 13.8 Å². The van der Waals surface area contributed by atoms with Gasteiger partial charge >= 0.3 is 0 Å². The largest absolute Gasteiger partial charge is 0.375 e. The molecule has 0 saturated carbocycles. The normalized spacial score (nSPS) is 34.9.